The van der Waals surface area contributed by atoms with Crippen LogP contribution in [0.25, 0.3) is 5.69 Å². The predicted molar refractivity (Wildman–Crippen MR) is 144 cm³/mol. The maximum absolute atomic E-state index is 12.9. The second kappa shape index (κ2) is 11.4. The van der Waals surface area contributed by atoms with E-state index in [4.69, 9.17) is 9.47 Å². The standard InChI is InChI=1S/C28H37N5O4/c1-3-27(21(2)34)33-28(35)32(20-29-33)25-6-4-23(5-7-25)30-13-15-31(16-14-30)24-8-10-26(11-9-24)37-19-22-12-17-36-18-22/h4-11,20-22,27,34H,3,12-19H2,1-2H3/t21-,22+,27+/m0/s1. The summed E-state index contributed by atoms with van der Waals surface area (Å²) in [6.07, 6.45) is 2.60. The van der Waals surface area contributed by atoms with Gasteiger partial charge < -0.3 is 24.4 Å². The lowest BCUT2D eigenvalue weighted by Gasteiger charge is -2.37. The van der Waals surface area contributed by atoms with Gasteiger partial charge in [-0.3, -0.25) is 0 Å². The van der Waals surface area contributed by atoms with Gasteiger partial charge in [-0.15, -0.1) is 0 Å². The van der Waals surface area contributed by atoms with Crippen molar-refractivity contribution in [3.63, 3.8) is 0 Å². The predicted octanol–water partition coefficient (Wildman–Crippen LogP) is 3.11. The number of piperazine rings is 1. The molecule has 9 nitrogen and oxygen atoms in total. The number of hydrogen-bond acceptors (Lipinski definition) is 7. The minimum Gasteiger partial charge on any atom is -0.493 e. The largest absolute Gasteiger partial charge is 0.493 e. The molecule has 37 heavy (non-hydrogen) atoms. The summed E-state index contributed by atoms with van der Waals surface area (Å²) in [6, 6.07) is 16.1. The van der Waals surface area contributed by atoms with Gasteiger partial charge in [0.25, 0.3) is 0 Å². The summed E-state index contributed by atoms with van der Waals surface area (Å²) in [5.74, 6) is 1.42. The molecule has 0 unspecified atom stereocenters. The molecule has 198 valence electrons. The Bertz CT molecular complexity index is 1190. The summed E-state index contributed by atoms with van der Waals surface area (Å²) in [5, 5.41) is 14.2. The fraction of sp³-hybridized carbons (Fsp3) is 0.500. The van der Waals surface area contributed by atoms with Gasteiger partial charge in [0.1, 0.15) is 12.1 Å². The summed E-state index contributed by atoms with van der Waals surface area (Å²) in [5.41, 5.74) is 2.88. The number of aromatic nitrogens is 3. The number of nitrogens with zero attached hydrogens (tertiary/aromatic N) is 5. The topological polar surface area (TPSA) is 85.0 Å². The molecule has 1 N–H and O–H groups in total. The highest BCUT2D eigenvalue weighted by molar-refractivity contribution is 5.54. The minimum atomic E-state index is -0.643. The first kappa shape index (κ1) is 25.4. The third-order valence-corrected chi connectivity index (χ3v) is 7.47. The Morgan fingerprint density at radius 2 is 1.59 bits per heavy atom. The average Bonchev–Trinajstić information content (AvgIpc) is 3.59. The number of hydrogen-bond donors (Lipinski definition) is 1. The van der Waals surface area contributed by atoms with Crippen LogP contribution in [0.5, 0.6) is 5.75 Å². The molecule has 2 aromatic carbocycles. The van der Waals surface area contributed by atoms with Gasteiger partial charge >= 0.3 is 5.69 Å². The molecule has 0 saturated carbocycles. The van der Waals surface area contributed by atoms with Crippen LogP contribution in [0.1, 0.15) is 32.7 Å². The number of rotatable bonds is 9. The molecule has 3 heterocycles. The first-order chi connectivity index (χ1) is 18.0. The van der Waals surface area contributed by atoms with Crippen molar-refractivity contribution in [1.82, 2.24) is 14.3 Å². The molecule has 2 aliphatic heterocycles. The minimum absolute atomic E-state index is 0.238. The van der Waals surface area contributed by atoms with E-state index in [0.29, 0.717) is 12.3 Å². The Labute approximate surface area is 217 Å². The molecule has 3 aromatic rings. The van der Waals surface area contributed by atoms with Gasteiger partial charge in [-0.2, -0.15) is 5.10 Å². The second-order valence-electron chi connectivity index (χ2n) is 9.97. The molecule has 9 heteroatoms. The number of aliphatic hydroxyl groups is 1. The van der Waals surface area contributed by atoms with Crippen LogP contribution in [-0.4, -0.2) is 71.6 Å². The van der Waals surface area contributed by atoms with Gasteiger partial charge in [-0.25, -0.2) is 14.0 Å². The second-order valence-corrected chi connectivity index (χ2v) is 9.97. The molecular formula is C28H37N5O4. The Morgan fingerprint density at radius 3 is 2.14 bits per heavy atom. The van der Waals surface area contributed by atoms with E-state index < -0.39 is 6.10 Å². The zero-order valence-electron chi connectivity index (χ0n) is 21.7. The normalized spacial score (nSPS) is 19.7. The van der Waals surface area contributed by atoms with Crippen LogP contribution in [0, 0.1) is 5.92 Å². The molecule has 0 bridgehead atoms. The smallest absolute Gasteiger partial charge is 0.350 e. The number of ether oxygens (including phenoxy) is 2. The summed E-state index contributed by atoms with van der Waals surface area (Å²) in [7, 11) is 0. The highest BCUT2D eigenvalue weighted by Gasteiger charge is 2.21. The molecule has 2 aliphatic rings. The van der Waals surface area contributed by atoms with Crippen molar-refractivity contribution >= 4 is 11.4 Å². The molecule has 0 amide bonds. The van der Waals surface area contributed by atoms with Crippen LogP contribution in [0.3, 0.4) is 0 Å². The molecule has 0 spiro atoms. The zero-order valence-corrected chi connectivity index (χ0v) is 21.7. The van der Waals surface area contributed by atoms with Gasteiger partial charge in [-0.05, 0) is 68.3 Å². The van der Waals surface area contributed by atoms with E-state index in [1.807, 2.05) is 19.1 Å². The Morgan fingerprint density at radius 1 is 1.00 bits per heavy atom. The van der Waals surface area contributed by atoms with Crippen LogP contribution in [0.4, 0.5) is 11.4 Å². The highest BCUT2D eigenvalue weighted by Crippen LogP contribution is 2.24. The van der Waals surface area contributed by atoms with E-state index >= 15 is 0 Å². The number of anilines is 2. The Balaban J connectivity index is 1.16. The lowest BCUT2D eigenvalue weighted by molar-refractivity contribution is 0.118. The van der Waals surface area contributed by atoms with Gasteiger partial charge in [0.2, 0.25) is 0 Å². The summed E-state index contributed by atoms with van der Waals surface area (Å²) < 4.78 is 14.3. The molecule has 0 radical (unpaired) electrons. The molecule has 0 aliphatic carbocycles. The van der Waals surface area contributed by atoms with E-state index in [1.54, 1.807) is 6.92 Å². The van der Waals surface area contributed by atoms with Crippen LogP contribution in [0.2, 0.25) is 0 Å². The zero-order chi connectivity index (χ0) is 25.8. The van der Waals surface area contributed by atoms with E-state index in [-0.39, 0.29) is 11.7 Å². The van der Waals surface area contributed by atoms with Crippen LogP contribution >= 0.6 is 0 Å². The maximum Gasteiger partial charge on any atom is 0.350 e. The van der Waals surface area contributed by atoms with Crippen molar-refractivity contribution in [2.45, 2.75) is 38.8 Å². The van der Waals surface area contributed by atoms with Gasteiger partial charge in [0.05, 0.1) is 31.0 Å². The van der Waals surface area contributed by atoms with Crippen molar-refractivity contribution in [1.29, 1.82) is 0 Å². The average molecular weight is 508 g/mol. The quantitative estimate of drug-likeness (QED) is 0.476. The maximum atomic E-state index is 12.9. The first-order valence-electron chi connectivity index (χ1n) is 13.3. The summed E-state index contributed by atoms with van der Waals surface area (Å²) in [4.78, 5) is 17.6. The summed E-state index contributed by atoms with van der Waals surface area (Å²) in [6.45, 7) is 9.70. The molecule has 3 atom stereocenters. The number of aliphatic hydroxyl groups excluding tert-OH is 1. The summed E-state index contributed by atoms with van der Waals surface area (Å²) >= 11 is 0. The van der Waals surface area contributed by atoms with Crippen LogP contribution in [-0.2, 0) is 4.74 Å². The van der Waals surface area contributed by atoms with Crippen molar-refractivity contribution in [2.24, 2.45) is 5.92 Å². The molecule has 2 fully saturated rings. The molecule has 1 aromatic heterocycles. The van der Waals surface area contributed by atoms with E-state index in [9.17, 15) is 9.90 Å². The highest BCUT2D eigenvalue weighted by atomic mass is 16.5. The molecule has 2 saturated heterocycles. The third-order valence-electron chi connectivity index (χ3n) is 7.47. The fourth-order valence-corrected chi connectivity index (χ4v) is 5.17. The first-order valence-corrected chi connectivity index (χ1v) is 13.3. The van der Waals surface area contributed by atoms with Crippen molar-refractivity contribution < 1.29 is 14.6 Å². The Hall–Kier alpha value is -3.30. The Kier molecular flexibility index (Phi) is 7.81. The molecule has 5 rings (SSSR count). The van der Waals surface area contributed by atoms with Crippen molar-refractivity contribution in [3.8, 4) is 11.4 Å². The van der Waals surface area contributed by atoms with Crippen molar-refractivity contribution in [2.75, 3.05) is 55.8 Å². The van der Waals surface area contributed by atoms with Gasteiger partial charge in [-0.1, -0.05) is 6.92 Å². The van der Waals surface area contributed by atoms with Crippen LogP contribution < -0.4 is 20.2 Å². The van der Waals surface area contributed by atoms with E-state index in [2.05, 4.69) is 51.3 Å². The van der Waals surface area contributed by atoms with Gasteiger partial charge in [0, 0.05) is 50.1 Å². The number of benzene rings is 2. The van der Waals surface area contributed by atoms with E-state index in [0.717, 1.165) is 69.5 Å². The SMILES string of the molecule is CC[C@H]([C@H](C)O)n1ncn(-c2ccc(N3CCN(c4ccc(OC[C@@H]5CCOC5)cc4)CC3)cc2)c1=O. The van der Waals surface area contributed by atoms with Gasteiger partial charge in [0.15, 0.2) is 0 Å². The third kappa shape index (κ3) is 5.67. The lowest BCUT2D eigenvalue weighted by Crippen LogP contribution is -2.46. The van der Waals surface area contributed by atoms with E-state index in [1.165, 1.54) is 21.3 Å². The lowest BCUT2D eigenvalue weighted by atomic mass is 10.1. The fourth-order valence-electron chi connectivity index (χ4n) is 5.17. The molecular weight excluding hydrogens is 470 g/mol. The monoisotopic (exact) mass is 507 g/mol. The van der Waals surface area contributed by atoms with Crippen LogP contribution in [0.15, 0.2) is 59.7 Å². The van der Waals surface area contributed by atoms with Crippen molar-refractivity contribution in [3.05, 3.63) is 65.3 Å².